The maximum absolute atomic E-state index is 11.9. The topological polar surface area (TPSA) is 149 Å². The molecule has 0 atom stereocenters. The Morgan fingerprint density at radius 3 is 1.45 bits per heavy atom. The lowest BCUT2D eigenvalue weighted by atomic mass is 10.1. The Morgan fingerprint density at radius 1 is 0.850 bits per heavy atom. The molecular weight excluding hydrogens is 312 g/mol. The maximum Gasteiger partial charge on any atom is 0.275 e. The first-order valence-corrected chi connectivity index (χ1v) is 9.11. The molecule has 0 aliphatic rings. The van der Waals surface area contributed by atoms with E-state index in [1.807, 2.05) is 0 Å². The quantitative estimate of drug-likeness (QED) is 0.382. The van der Waals surface area contributed by atoms with Crippen LogP contribution in [0.1, 0.15) is 20.8 Å². The molecule has 0 heterocycles. The van der Waals surface area contributed by atoms with Crippen LogP contribution in [0.15, 0.2) is 0 Å². The average molecular weight is 330 g/mol. The van der Waals surface area contributed by atoms with Gasteiger partial charge in [0.2, 0.25) is 16.1 Å². The fourth-order valence-corrected chi connectivity index (χ4v) is 5.57. The van der Waals surface area contributed by atoms with Crippen LogP contribution in [-0.4, -0.2) is 57.4 Å². The zero-order chi connectivity index (χ0) is 16.3. The Hall–Kier alpha value is -0.780. The number of hydrogen-bond donors (Lipinski definition) is 4. The van der Waals surface area contributed by atoms with E-state index in [1.54, 1.807) is 0 Å². The van der Waals surface area contributed by atoms with E-state index in [0.717, 1.165) is 6.92 Å². The lowest BCUT2D eigenvalue weighted by Gasteiger charge is -2.48. The largest absolute Gasteiger partial charge is 0.297 e. The van der Waals surface area contributed by atoms with Gasteiger partial charge < -0.3 is 0 Å². The predicted molar refractivity (Wildman–Crippen MR) is 76.3 cm³/mol. The van der Waals surface area contributed by atoms with Gasteiger partial charge in [-0.05, 0) is 13.8 Å². The van der Waals surface area contributed by atoms with Gasteiger partial charge in [0.25, 0.3) is 11.6 Å². The van der Waals surface area contributed by atoms with Crippen molar-refractivity contribution in [2.45, 2.75) is 25.4 Å². The summed E-state index contributed by atoms with van der Waals surface area (Å²) in [5.74, 6) is -7.05. The average Bonchev–Trinajstić information content (AvgIpc) is 2.36. The van der Waals surface area contributed by atoms with E-state index in [9.17, 15) is 37.4 Å². The number of hydrogen-bond acceptors (Lipinski definition) is 8. The van der Waals surface area contributed by atoms with Gasteiger partial charge in [0, 0.05) is 18.4 Å². The van der Waals surface area contributed by atoms with Gasteiger partial charge in [-0.15, -0.1) is 0 Å². The second-order valence-corrected chi connectivity index (χ2v) is 9.19. The smallest absolute Gasteiger partial charge is 0.275 e. The van der Waals surface area contributed by atoms with Crippen LogP contribution >= 0.6 is 21.2 Å². The van der Waals surface area contributed by atoms with E-state index in [2.05, 4.69) is 0 Å². The molecule has 10 heteroatoms. The van der Waals surface area contributed by atoms with Crippen LogP contribution in [-0.2, 0) is 19.2 Å². The van der Waals surface area contributed by atoms with Crippen molar-refractivity contribution in [3.05, 3.63) is 0 Å². The van der Waals surface area contributed by atoms with Gasteiger partial charge in [-0.3, -0.25) is 37.4 Å². The second-order valence-electron chi connectivity index (χ2n) is 3.92. The molecule has 0 aliphatic carbocycles. The number of rotatable bonds is 8. The van der Waals surface area contributed by atoms with Crippen molar-refractivity contribution < 1.29 is 37.4 Å². The van der Waals surface area contributed by atoms with Crippen molar-refractivity contribution in [2.75, 3.05) is 11.5 Å². The third-order valence-corrected chi connectivity index (χ3v) is 7.85. The maximum atomic E-state index is 11.9. The minimum Gasteiger partial charge on any atom is -0.297 e. The van der Waals surface area contributed by atoms with Crippen LogP contribution < -0.4 is 0 Å². The fourth-order valence-electron chi connectivity index (χ4n) is 1.27. The van der Waals surface area contributed by atoms with Crippen molar-refractivity contribution >= 4 is 44.3 Å². The summed E-state index contributed by atoms with van der Waals surface area (Å²) in [6.45, 7) is 3.33. The van der Waals surface area contributed by atoms with E-state index in [1.165, 1.54) is 13.8 Å². The van der Waals surface area contributed by atoms with Gasteiger partial charge in [0.05, 0.1) is 0 Å². The second kappa shape index (κ2) is 6.78. The zero-order valence-corrected chi connectivity index (χ0v) is 12.9. The molecular formula is C10H18O8S2. The van der Waals surface area contributed by atoms with Crippen LogP contribution in [0.25, 0.3) is 0 Å². The number of Topliss-reactive ketones (excluding diaryl/α,β-unsaturated/α-hetero) is 4. The molecule has 0 unspecified atom stereocenters. The van der Waals surface area contributed by atoms with Crippen molar-refractivity contribution in [1.29, 1.82) is 0 Å². The first-order chi connectivity index (χ1) is 8.92. The lowest BCUT2D eigenvalue weighted by Crippen LogP contribution is -2.42. The highest BCUT2D eigenvalue weighted by molar-refractivity contribution is 8.41. The van der Waals surface area contributed by atoms with Gasteiger partial charge in [0.15, 0.2) is 0 Å². The minimum absolute atomic E-state index is 0.402. The number of ketones is 4. The van der Waals surface area contributed by atoms with Crippen LogP contribution in [0, 0.1) is 0 Å². The summed E-state index contributed by atoms with van der Waals surface area (Å²) >= 11 is 0. The van der Waals surface area contributed by atoms with Crippen molar-refractivity contribution in [3.8, 4) is 0 Å². The molecule has 0 saturated carbocycles. The molecule has 20 heavy (non-hydrogen) atoms. The van der Waals surface area contributed by atoms with Gasteiger partial charge in [0.1, 0.15) is 0 Å². The molecule has 0 radical (unpaired) electrons. The van der Waals surface area contributed by atoms with Crippen molar-refractivity contribution in [2.24, 2.45) is 0 Å². The molecule has 8 nitrogen and oxygen atoms in total. The van der Waals surface area contributed by atoms with Crippen LogP contribution in [0.2, 0.25) is 0 Å². The monoisotopic (exact) mass is 330 g/mol. The van der Waals surface area contributed by atoms with Gasteiger partial charge >= 0.3 is 0 Å². The summed E-state index contributed by atoms with van der Waals surface area (Å²) in [5, 5.41) is 0. The minimum atomic E-state index is -3.83. The van der Waals surface area contributed by atoms with E-state index in [4.69, 9.17) is 0 Å². The SMILES string of the molecule is CCS(O)(O)C(C(=O)C(=O)C(=O)C(C)=O)S(O)(O)CC. The van der Waals surface area contributed by atoms with Gasteiger partial charge in [-0.2, -0.15) is 21.2 Å². The highest BCUT2D eigenvalue weighted by Gasteiger charge is 2.46. The molecule has 4 N–H and O–H groups in total. The summed E-state index contributed by atoms with van der Waals surface area (Å²) < 4.78 is 36.8. The third kappa shape index (κ3) is 4.11. The van der Waals surface area contributed by atoms with Crippen LogP contribution in [0.4, 0.5) is 0 Å². The molecule has 0 fully saturated rings. The van der Waals surface area contributed by atoms with Crippen molar-refractivity contribution in [3.63, 3.8) is 0 Å². The Kier molecular flexibility index (Phi) is 6.52. The fraction of sp³-hybridized carbons (Fsp3) is 0.600. The normalized spacial score (nSPS) is 14.0. The molecule has 0 amide bonds. The van der Waals surface area contributed by atoms with E-state index >= 15 is 0 Å². The van der Waals surface area contributed by atoms with E-state index in [-0.39, 0.29) is 0 Å². The third-order valence-electron chi connectivity index (χ3n) is 2.50. The first kappa shape index (κ1) is 19.2. The predicted octanol–water partition coefficient (Wildman–Crippen LogP) is 1.15. The molecule has 0 spiro atoms. The van der Waals surface area contributed by atoms with Gasteiger partial charge in [-0.1, -0.05) is 0 Å². The summed E-state index contributed by atoms with van der Waals surface area (Å²) in [7, 11) is -7.66. The lowest BCUT2D eigenvalue weighted by molar-refractivity contribution is -0.147. The Bertz CT molecular complexity index is 427. The first-order valence-electron chi connectivity index (χ1n) is 5.55. The molecule has 0 aliphatic heterocycles. The van der Waals surface area contributed by atoms with E-state index in [0.29, 0.717) is 0 Å². The van der Waals surface area contributed by atoms with Crippen LogP contribution in [0.3, 0.4) is 0 Å². The highest BCUT2D eigenvalue weighted by Crippen LogP contribution is 2.61. The summed E-state index contributed by atoms with van der Waals surface area (Å²) in [5.41, 5.74) is 0. The molecule has 0 rings (SSSR count). The molecule has 0 aromatic carbocycles. The number of carbonyl (C=O) groups excluding carboxylic acids is 4. The molecule has 0 bridgehead atoms. The Balaban J connectivity index is 5.69. The van der Waals surface area contributed by atoms with Gasteiger partial charge in [-0.25, -0.2) is 0 Å². The standard InChI is InChI=1S/C10H18O8S2/c1-4-19(15,16)10(20(17,18)5-2)9(14)8(13)7(12)6(3)11/h10,15-18H,4-5H2,1-3H3. The van der Waals surface area contributed by atoms with Crippen LogP contribution in [0.5, 0.6) is 0 Å². The Labute approximate surface area is 119 Å². The molecule has 0 aromatic rings. The Morgan fingerprint density at radius 2 is 1.20 bits per heavy atom. The van der Waals surface area contributed by atoms with E-state index < -0.39 is 60.4 Å². The zero-order valence-electron chi connectivity index (χ0n) is 11.2. The summed E-state index contributed by atoms with van der Waals surface area (Å²) in [4.78, 5) is 45.4. The molecule has 0 saturated heterocycles. The molecule has 118 valence electrons. The summed E-state index contributed by atoms with van der Waals surface area (Å²) in [6.07, 6.45) is 0. The van der Waals surface area contributed by atoms with Crippen molar-refractivity contribution in [1.82, 2.24) is 0 Å². The highest BCUT2D eigenvalue weighted by atomic mass is 32.3. The number of carbonyl (C=O) groups is 4. The summed E-state index contributed by atoms with van der Waals surface area (Å²) in [6, 6.07) is 0. The molecule has 0 aromatic heterocycles.